The molecule has 1 N–H and O–H groups in total. The summed E-state index contributed by atoms with van der Waals surface area (Å²) in [5.41, 5.74) is 2.77. The van der Waals surface area contributed by atoms with Gasteiger partial charge in [-0.15, -0.1) is 0 Å². The number of benzene rings is 3. The van der Waals surface area contributed by atoms with Crippen molar-refractivity contribution in [2.45, 2.75) is 18.9 Å². The van der Waals surface area contributed by atoms with Gasteiger partial charge in [0.05, 0.1) is 11.1 Å². The van der Waals surface area contributed by atoms with Gasteiger partial charge in [0.1, 0.15) is 11.4 Å². The third-order valence-corrected chi connectivity index (χ3v) is 5.12. The van der Waals surface area contributed by atoms with Crippen LogP contribution in [-0.4, -0.2) is 5.97 Å². The molecule has 28 heavy (non-hydrogen) atoms. The van der Waals surface area contributed by atoms with E-state index in [9.17, 15) is 10.0 Å². The fourth-order valence-corrected chi connectivity index (χ4v) is 3.82. The number of hydrogen-bond acceptors (Lipinski definition) is 3. The Labute approximate surface area is 164 Å². The first kappa shape index (κ1) is 18.2. The van der Waals surface area contributed by atoms with E-state index in [4.69, 9.17) is 4.74 Å². The molecule has 4 nitrogen and oxygen atoms in total. The molecule has 0 saturated carbocycles. The van der Waals surface area contributed by atoms with Crippen molar-refractivity contribution in [3.05, 3.63) is 113 Å². The first-order chi connectivity index (χ1) is 13.5. The zero-order valence-corrected chi connectivity index (χ0v) is 15.6. The lowest BCUT2D eigenvalue weighted by Gasteiger charge is -2.42. The molecule has 0 aromatic heterocycles. The summed E-state index contributed by atoms with van der Waals surface area (Å²) in [6, 6.07) is 24.6. The fraction of sp³-hybridized carbons (Fsp3) is 0.125. The largest absolute Gasteiger partial charge is 0.623 e. The lowest BCUT2D eigenvalue weighted by atomic mass is 9.77. The van der Waals surface area contributed by atoms with Crippen molar-refractivity contribution in [3.63, 3.8) is 0 Å². The number of carbonyl (C=O) groups is 1. The van der Waals surface area contributed by atoms with Gasteiger partial charge in [0.25, 0.3) is 0 Å². The van der Waals surface area contributed by atoms with E-state index in [0.717, 1.165) is 5.56 Å². The maximum atomic E-state index is 13.1. The van der Waals surface area contributed by atoms with E-state index in [-0.39, 0.29) is 5.06 Å². The van der Waals surface area contributed by atoms with E-state index >= 15 is 0 Å². The molecule has 0 aliphatic carbocycles. The summed E-state index contributed by atoms with van der Waals surface area (Å²) >= 11 is 0. The number of rotatable bonds is 4. The minimum Gasteiger partial charge on any atom is -0.623 e. The molecular weight excluding hydrogens is 350 g/mol. The SMILES string of the molecule is C=C(C)C(=O)OC1(Cc2ccccc2)c2ccccc2[NH+]([O-])c2ccccc21. The lowest BCUT2D eigenvalue weighted by molar-refractivity contribution is -0.701. The van der Waals surface area contributed by atoms with Gasteiger partial charge in [-0.3, -0.25) is 0 Å². The smallest absolute Gasteiger partial charge is 0.334 e. The van der Waals surface area contributed by atoms with Crippen LogP contribution in [0.3, 0.4) is 0 Å². The minimum absolute atomic E-state index is 0.0544. The summed E-state index contributed by atoms with van der Waals surface area (Å²) in [6.45, 7) is 5.37. The molecule has 1 heterocycles. The lowest BCUT2D eigenvalue weighted by Crippen LogP contribution is -2.98. The van der Waals surface area contributed by atoms with Crippen LogP contribution in [0.2, 0.25) is 0 Å². The highest BCUT2D eigenvalue weighted by Gasteiger charge is 2.48. The summed E-state index contributed by atoms with van der Waals surface area (Å²) in [5, 5.41) is 13.1. The van der Waals surface area contributed by atoms with Crippen molar-refractivity contribution in [1.29, 1.82) is 0 Å². The number of hydrogen-bond donors (Lipinski definition) is 1. The molecule has 0 atom stereocenters. The minimum atomic E-state index is -1.10. The number of ether oxygens (including phenoxy) is 1. The van der Waals surface area contributed by atoms with E-state index in [2.05, 4.69) is 6.58 Å². The average molecular weight is 371 g/mol. The summed E-state index contributed by atoms with van der Waals surface area (Å²) in [4.78, 5) is 12.7. The number of fused-ring (bicyclic) bond motifs is 2. The van der Waals surface area contributed by atoms with Gasteiger partial charge in [-0.1, -0.05) is 61.2 Å². The summed E-state index contributed by atoms with van der Waals surface area (Å²) in [5.74, 6) is -0.477. The van der Waals surface area contributed by atoms with Gasteiger partial charge < -0.3 is 15.0 Å². The Morgan fingerprint density at radius 2 is 1.43 bits per heavy atom. The maximum absolute atomic E-state index is 13.1. The predicted molar refractivity (Wildman–Crippen MR) is 108 cm³/mol. The third kappa shape index (κ3) is 2.93. The zero-order chi connectivity index (χ0) is 19.7. The summed E-state index contributed by atoms with van der Waals surface area (Å²) in [6.07, 6.45) is 0.425. The van der Waals surface area contributed by atoms with Gasteiger partial charge in [0, 0.05) is 24.1 Å². The number of para-hydroxylation sites is 2. The standard InChI is InChI=1S/C24H21NO3/c1-17(2)23(26)28-24(16-18-10-4-3-5-11-18)19-12-6-8-14-21(19)25(27)22-15-9-7-13-20(22)24/h3-15,25H,1,16H2,2H3. The monoisotopic (exact) mass is 371 g/mol. The van der Waals surface area contributed by atoms with Crippen molar-refractivity contribution in [2.75, 3.05) is 0 Å². The van der Waals surface area contributed by atoms with Gasteiger partial charge in [0.15, 0.2) is 5.60 Å². The first-order valence-corrected chi connectivity index (χ1v) is 9.19. The van der Waals surface area contributed by atoms with E-state index in [1.54, 1.807) is 19.1 Å². The first-order valence-electron chi connectivity index (χ1n) is 9.19. The predicted octanol–water partition coefficient (Wildman–Crippen LogP) is 3.95. The summed E-state index contributed by atoms with van der Waals surface area (Å²) in [7, 11) is 0. The normalized spacial score (nSPS) is 20.0. The van der Waals surface area contributed by atoms with E-state index < -0.39 is 11.6 Å². The molecule has 3 aromatic carbocycles. The Morgan fingerprint density at radius 1 is 0.929 bits per heavy atom. The van der Waals surface area contributed by atoms with Gasteiger partial charge in [-0.05, 0) is 24.6 Å². The van der Waals surface area contributed by atoms with Crippen LogP contribution in [0.5, 0.6) is 0 Å². The van der Waals surface area contributed by atoms with Crippen molar-refractivity contribution < 1.29 is 14.6 Å². The second-order valence-electron chi connectivity index (χ2n) is 7.08. The van der Waals surface area contributed by atoms with Gasteiger partial charge in [-0.25, -0.2) is 4.79 Å². The molecule has 3 aromatic rings. The molecule has 0 radical (unpaired) electrons. The second kappa shape index (κ2) is 7.08. The summed E-state index contributed by atoms with van der Waals surface area (Å²) < 4.78 is 6.15. The van der Waals surface area contributed by atoms with Crippen molar-refractivity contribution >= 4 is 17.3 Å². The van der Waals surface area contributed by atoms with Gasteiger partial charge in [-0.2, -0.15) is 0 Å². The van der Waals surface area contributed by atoms with Gasteiger partial charge >= 0.3 is 5.97 Å². The molecule has 0 spiro atoms. The second-order valence-corrected chi connectivity index (χ2v) is 7.08. The Kier molecular flexibility index (Phi) is 4.59. The molecule has 0 bridgehead atoms. The number of quaternary nitrogens is 1. The quantitative estimate of drug-likeness (QED) is 0.429. The number of nitrogens with one attached hydrogen (secondary N) is 1. The van der Waals surface area contributed by atoms with Crippen molar-refractivity contribution in [3.8, 4) is 0 Å². The zero-order valence-electron chi connectivity index (χ0n) is 15.6. The fourth-order valence-electron chi connectivity index (χ4n) is 3.82. The molecule has 4 heteroatoms. The van der Waals surface area contributed by atoms with Crippen LogP contribution < -0.4 is 5.06 Å². The Bertz CT molecular complexity index is 995. The Hall–Kier alpha value is -3.21. The van der Waals surface area contributed by atoms with Crippen LogP contribution in [0.4, 0.5) is 11.4 Å². The van der Waals surface area contributed by atoms with Gasteiger partial charge in [0.2, 0.25) is 0 Å². The third-order valence-electron chi connectivity index (χ3n) is 5.12. The average Bonchev–Trinajstić information content (AvgIpc) is 2.72. The number of esters is 1. The molecular formula is C24H21NO3. The molecule has 140 valence electrons. The van der Waals surface area contributed by atoms with Crippen LogP contribution in [0.25, 0.3) is 0 Å². The van der Waals surface area contributed by atoms with Crippen molar-refractivity contribution in [1.82, 2.24) is 0 Å². The van der Waals surface area contributed by atoms with Crippen LogP contribution in [-0.2, 0) is 21.6 Å². The molecule has 0 amide bonds. The van der Waals surface area contributed by atoms with E-state index in [1.807, 2.05) is 66.7 Å². The molecule has 1 aliphatic heterocycles. The van der Waals surface area contributed by atoms with Crippen LogP contribution in [0, 0.1) is 5.21 Å². The Balaban J connectivity index is 2.00. The molecule has 0 saturated heterocycles. The molecule has 4 rings (SSSR count). The number of carbonyl (C=O) groups excluding carboxylic acids is 1. The van der Waals surface area contributed by atoms with E-state index in [0.29, 0.717) is 34.5 Å². The Morgan fingerprint density at radius 3 is 1.96 bits per heavy atom. The maximum Gasteiger partial charge on any atom is 0.334 e. The van der Waals surface area contributed by atoms with Crippen molar-refractivity contribution in [2.24, 2.45) is 0 Å². The molecule has 0 fully saturated rings. The molecule has 0 unspecified atom stereocenters. The molecule has 1 aliphatic rings. The van der Waals surface area contributed by atoms with Crippen LogP contribution >= 0.6 is 0 Å². The topological polar surface area (TPSA) is 53.8 Å². The highest BCUT2D eigenvalue weighted by atomic mass is 16.6. The highest BCUT2D eigenvalue weighted by molar-refractivity contribution is 5.88. The van der Waals surface area contributed by atoms with E-state index in [1.165, 1.54) is 0 Å². The van der Waals surface area contributed by atoms with Crippen LogP contribution in [0.15, 0.2) is 91.0 Å². The van der Waals surface area contributed by atoms with Crippen LogP contribution in [0.1, 0.15) is 23.6 Å². The highest BCUT2D eigenvalue weighted by Crippen LogP contribution is 2.45.